The number of pyridine rings is 1. The molecule has 2 rings (SSSR count). The van der Waals surface area contributed by atoms with Crippen LogP contribution < -0.4 is 10.2 Å². The van der Waals surface area contributed by atoms with Crippen molar-refractivity contribution in [2.24, 2.45) is 5.92 Å². The Bertz CT molecular complexity index is 380. The number of aromatic nitrogens is 1. The lowest BCUT2D eigenvalue weighted by atomic mass is 9.98. The van der Waals surface area contributed by atoms with Crippen LogP contribution in [0.5, 0.6) is 0 Å². The molecular formula is C12H17BrClN3. The number of hydrogen-bond acceptors (Lipinski definition) is 3. The highest BCUT2D eigenvalue weighted by atomic mass is 79.9. The van der Waals surface area contributed by atoms with Crippen molar-refractivity contribution >= 4 is 33.3 Å². The van der Waals surface area contributed by atoms with Crippen LogP contribution in [0.2, 0.25) is 5.02 Å². The minimum absolute atomic E-state index is 0.663. The average molecular weight is 319 g/mol. The summed E-state index contributed by atoms with van der Waals surface area (Å²) >= 11 is 9.41. The van der Waals surface area contributed by atoms with Gasteiger partial charge in [0.05, 0.1) is 9.50 Å². The monoisotopic (exact) mass is 317 g/mol. The third kappa shape index (κ3) is 3.57. The quantitative estimate of drug-likeness (QED) is 0.929. The van der Waals surface area contributed by atoms with Gasteiger partial charge in [-0.2, -0.15) is 0 Å². The molecule has 1 saturated heterocycles. The van der Waals surface area contributed by atoms with E-state index in [4.69, 9.17) is 11.6 Å². The first-order valence-electron chi connectivity index (χ1n) is 5.89. The molecule has 1 aliphatic heterocycles. The first-order chi connectivity index (χ1) is 8.16. The maximum Gasteiger partial charge on any atom is 0.142 e. The molecule has 0 saturated carbocycles. The van der Waals surface area contributed by atoms with Crippen LogP contribution >= 0.6 is 27.5 Å². The maximum atomic E-state index is 5.89. The predicted molar refractivity (Wildman–Crippen MR) is 75.8 cm³/mol. The summed E-state index contributed by atoms with van der Waals surface area (Å²) in [4.78, 5) is 6.58. The van der Waals surface area contributed by atoms with Crippen molar-refractivity contribution < 1.29 is 0 Å². The first-order valence-corrected chi connectivity index (χ1v) is 7.07. The summed E-state index contributed by atoms with van der Waals surface area (Å²) in [5, 5.41) is 4.05. The lowest BCUT2D eigenvalue weighted by Crippen LogP contribution is -2.34. The molecule has 1 aromatic rings. The highest BCUT2D eigenvalue weighted by Gasteiger charge is 2.17. The van der Waals surface area contributed by atoms with Crippen LogP contribution in [-0.4, -0.2) is 31.7 Å². The molecule has 0 aliphatic carbocycles. The van der Waals surface area contributed by atoms with E-state index in [9.17, 15) is 0 Å². The minimum atomic E-state index is 0.663. The van der Waals surface area contributed by atoms with Gasteiger partial charge >= 0.3 is 0 Å². The van der Waals surface area contributed by atoms with Crippen LogP contribution in [0.3, 0.4) is 0 Å². The van der Waals surface area contributed by atoms with Crippen molar-refractivity contribution in [2.75, 3.05) is 31.6 Å². The zero-order valence-corrected chi connectivity index (χ0v) is 12.3. The van der Waals surface area contributed by atoms with Crippen molar-refractivity contribution in [1.29, 1.82) is 0 Å². The molecule has 94 valence electrons. The zero-order valence-electron chi connectivity index (χ0n) is 9.92. The van der Waals surface area contributed by atoms with Crippen molar-refractivity contribution in [1.82, 2.24) is 10.3 Å². The molecule has 0 unspecified atom stereocenters. The van der Waals surface area contributed by atoms with E-state index >= 15 is 0 Å². The first kappa shape index (κ1) is 13.1. The second-order valence-corrected chi connectivity index (χ2v) is 5.82. The Kier molecular flexibility index (Phi) is 4.65. The van der Waals surface area contributed by atoms with Crippen molar-refractivity contribution in [3.05, 3.63) is 21.8 Å². The molecule has 3 nitrogen and oxygen atoms in total. The fourth-order valence-corrected chi connectivity index (χ4v) is 3.17. The Hall–Kier alpha value is -0.320. The lowest BCUT2D eigenvalue weighted by Gasteiger charge is -2.28. The molecule has 1 N–H and O–H groups in total. The van der Waals surface area contributed by atoms with Gasteiger partial charge in [-0.25, -0.2) is 4.98 Å². The smallest absolute Gasteiger partial charge is 0.142 e. The molecule has 2 heterocycles. The number of piperidine rings is 1. The van der Waals surface area contributed by atoms with Gasteiger partial charge in [-0.15, -0.1) is 0 Å². The summed E-state index contributed by atoms with van der Waals surface area (Å²) in [5.41, 5.74) is 0. The fourth-order valence-electron chi connectivity index (χ4n) is 2.23. The normalized spacial score (nSPS) is 17.1. The molecule has 1 aliphatic rings. The Morgan fingerprint density at radius 2 is 2.24 bits per heavy atom. The van der Waals surface area contributed by atoms with Gasteiger partial charge in [0, 0.05) is 19.8 Å². The lowest BCUT2D eigenvalue weighted by molar-refractivity contribution is 0.377. The van der Waals surface area contributed by atoms with Crippen molar-refractivity contribution in [3.8, 4) is 0 Å². The van der Waals surface area contributed by atoms with E-state index < -0.39 is 0 Å². The van der Waals surface area contributed by atoms with E-state index in [0.717, 1.165) is 35.8 Å². The zero-order chi connectivity index (χ0) is 12.3. The average Bonchev–Trinajstić information content (AvgIpc) is 2.30. The molecule has 1 fully saturated rings. The van der Waals surface area contributed by atoms with Gasteiger partial charge in [-0.3, -0.25) is 0 Å². The van der Waals surface area contributed by atoms with Gasteiger partial charge in [0.2, 0.25) is 0 Å². The molecule has 1 aromatic heterocycles. The minimum Gasteiger partial charge on any atom is -0.358 e. The van der Waals surface area contributed by atoms with Gasteiger partial charge in [0.15, 0.2) is 0 Å². The molecule has 5 heteroatoms. The van der Waals surface area contributed by atoms with Crippen LogP contribution in [-0.2, 0) is 0 Å². The SMILES string of the molecule is CN(CC1CCNCC1)c1ncc(Cl)cc1Br. The second kappa shape index (κ2) is 6.03. The van der Waals surface area contributed by atoms with Crippen LogP contribution in [0.1, 0.15) is 12.8 Å². The number of nitrogens with one attached hydrogen (secondary N) is 1. The number of rotatable bonds is 3. The van der Waals surface area contributed by atoms with Crippen molar-refractivity contribution in [3.63, 3.8) is 0 Å². The van der Waals surface area contributed by atoms with E-state index in [2.05, 4.69) is 38.2 Å². The van der Waals surface area contributed by atoms with Gasteiger partial charge in [-0.1, -0.05) is 11.6 Å². The third-order valence-corrected chi connectivity index (χ3v) is 3.93. The number of hydrogen-bond donors (Lipinski definition) is 1. The van der Waals surface area contributed by atoms with Gasteiger partial charge < -0.3 is 10.2 Å². The van der Waals surface area contributed by atoms with E-state index in [0.29, 0.717) is 5.02 Å². The van der Waals surface area contributed by atoms with Crippen LogP contribution in [0, 0.1) is 5.92 Å². The standard InChI is InChI=1S/C12H17BrClN3/c1-17(8-9-2-4-15-5-3-9)12-11(13)6-10(14)7-16-12/h6-7,9,15H,2-5,8H2,1H3. The van der Waals surface area contributed by atoms with E-state index in [-0.39, 0.29) is 0 Å². The molecule has 0 spiro atoms. The highest BCUT2D eigenvalue weighted by Crippen LogP contribution is 2.27. The number of anilines is 1. The van der Waals surface area contributed by atoms with Gasteiger partial charge in [-0.05, 0) is 53.8 Å². The van der Waals surface area contributed by atoms with Gasteiger partial charge in [0.25, 0.3) is 0 Å². The summed E-state index contributed by atoms with van der Waals surface area (Å²) in [7, 11) is 2.09. The molecule has 0 bridgehead atoms. The Balaban J connectivity index is 2.00. The van der Waals surface area contributed by atoms with E-state index in [1.807, 2.05) is 6.07 Å². The number of nitrogens with zero attached hydrogens (tertiary/aromatic N) is 2. The molecule has 0 amide bonds. The maximum absolute atomic E-state index is 5.89. The Labute approximate surface area is 116 Å². The molecule has 0 aromatic carbocycles. The largest absolute Gasteiger partial charge is 0.358 e. The topological polar surface area (TPSA) is 28.2 Å². The summed E-state index contributed by atoms with van der Waals surface area (Å²) in [6.07, 6.45) is 4.19. The Morgan fingerprint density at radius 1 is 1.53 bits per heavy atom. The Morgan fingerprint density at radius 3 is 2.88 bits per heavy atom. The van der Waals surface area contributed by atoms with Crippen molar-refractivity contribution in [2.45, 2.75) is 12.8 Å². The predicted octanol–water partition coefficient (Wildman–Crippen LogP) is 2.93. The molecule has 0 atom stereocenters. The summed E-state index contributed by atoms with van der Waals surface area (Å²) in [6.45, 7) is 3.32. The molecule has 0 radical (unpaired) electrons. The molecule has 17 heavy (non-hydrogen) atoms. The van der Waals surface area contributed by atoms with E-state index in [1.54, 1.807) is 6.20 Å². The summed E-state index contributed by atoms with van der Waals surface area (Å²) in [5.74, 6) is 1.72. The number of halogens is 2. The summed E-state index contributed by atoms with van der Waals surface area (Å²) in [6, 6.07) is 1.89. The van der Waals surface area contributed by atoms with Crippen LogP contribution in [0.25, 0.3) is 0 Å². The van der Waals surface area contributed by atoms with Crippen LogP contribution in [0.15, 0.2) is 16.7 Å². The van der Waals surface area contributed by atoms with E-state index in [1.165, 1.54) is 12.8 Å². The molecular weight excluding hydrogens is 302 g/mol. The van der Waals surface area contributed by atoms with Gasteiger partial charge in [0.1, 0.15) is 5.82 Å². The highest BCUT2D eigenvalue weighted by molar-refractivity contribution is 9.10. The second-order valence-electron chi connectivity index (χ2n) is 4.53. The third-order valence-electron chi connectivity index (χ3n) is 3.14. The fraction of sp³-hybridized carbons (Fsp3) is 0.583. The summed E-state index contributed by atoms with van der Waals surface area (Å²) < 4.78 is 0.960. The van der Waals surface area contributed by atoms with Crippen LogP contribution in [0.4, 0.5) is 5.82 Å².